The van der Waals surface area contributed by atoms with Gasteiger partial charge in [-0.2, -0.15) is 0 Å². The van der Waals surface area contributed by atoms with Gasteiger partial charge < -0.3 is 22.1 Å². The maximum absolute atomic E-state index is 12.1. The normalized spacial score (nSPS) is 11.4. The molecule has 0 fully saturated rings. The van der Waals surface area contributed by atoms with Gasteiger partial charge in [-0.05, 0) is 53.4 Å². The molecule has 2 aromatic carbocycles. The number of rotatable bonds is 7. The molecule has 7 heteroatoms. The first kappa shape index (κ1) is 19.9. The lowest BCUT2D eigenvalue weighted by molar-refractivity contribution is 0.103. The number of carbonyl (C=O) groups is 1. The molecule has 0 unspecified atom stereocenters. The van der Waals surface area contributed by atoms with Crippen molar-refractivity contribution < 1.29 is 4.79 Å². The predicted molar refractivity (Wildman–Crippen MR) is 123 cm³/mol. The van der Waals surface area contributed by atoms with E-state index in [0.29, 0.717) is 27.8 Å². The van der Waals surface area contributed by atoms with Crippen molar-refractivity contribution in [3.63, 3.8) is 0 Å². The minimum absolute atomic E-state index is 0.130. The molecule has 0 radical (unpaired) electrons. The van der Waals surface area contributed by atoms with Crippen LogP contribution in [0.25, 0.3) is 5.70 Å². The van der Waals surface area contributed by atoms with Gasteiger partial charge in [0.2, 0.25) is 0 Å². The molecular weight excluding hydrogens is 382 g/mol. The van der Waals surface area contributed by atoms with Gasteiger partial charge in [0.15, 0.2) is 0 Å². The number of nitrogens with one attached hydrogen (secondary N) is 2. The lowest BCUT2D eigenvalue weighted by atomic mass is 10.1. The molecule has 29 heavy (non-hydrogen) atoms. The van der Waals surface area contributed by atoms with Crippen molar-refractivity contribution in [2.75, 3.05) is 16.4 Å². The lowest BCUT2D eigenvalue weighted by Gasteiger charge is -2.06. The van der Waals surface area contributed by atoms with Gasteiger partial charge in [-0.1, -0.05) is 30.8 Å². The van der Waals surface area contributed by atoms with Gasteiger partial charge in [0, 0.05) is 29.0 Å². The van der Waals surface area contributed by atoms with Crippen molar-refractivity contribution >= 4 is 46.2 Å². The minimum Gasteiger partial charge on any atom is -0.399 e. The second kappa shape index (κ2) is 9.38. The van der Waals surface area contributed by atoms with Crippen LogP contribution in [0.3, 0.4) is 0 Å². The molecule has 1 amide bonds. The summed E-state index contributed by atoms with van der Waals surface area (Å²) in [5, 5.41) is 7.77. The maximum atomic E-state index is 12.1. The summed E-state index contributed by atoms with van der Waals surface area (Å²) in [4.78, 5) is 17.0. The lowest BCUT2D eigenvalue weighted by Crippen LogP contribution is -2.10. The molecule has 3 rings (SSSR count). The second-order valence-electron chi connectivity index (χ2n) is 6.11. The third kappa shape index (κ3) is 5.82. The molecule has 0 atom stereocenters. The average Bonchev–Trinajstić information content (AvgIpc) is 3.23. The SMILES string of the molecule is C=C(/N=C\C=C(/N)c1ccc(NC(=O)c2cccs2)cc1)Nc1cccc(N)c1. The Morgan fingerprint density at radius 3 is 2.52 bits per heavy atom. The average molecular weight is 404 g/mol. The van der Waals surface area contributed by atoms with Crippen LogP contribution in [0.1, 0.15) is 15.2 Å². The van der Waals surface area contributed by atoms with E-state index in [9.17, 15) is 4.79 Å². The summed E-state index contributed by atoms with van der Waals surface area (Å²) < 4.78 is 0. The van der Waals surface area contributed by atoms with Crippen LogP contribution in [-0.2, 0) is 0 Å². The Hall–Kier alpha value is -3.84. The Kier molecular flexibility index (Phi) is 6.44. The van der Waals surface area contributed by atoms with E-state index >= 15 is 0 Å². The van der Waals surface area contributed by atoms with Crippen LogP contribution in [-0.4, -0.2) is 12.1 Å². The number of nitrogen functional groups attached to an aromatic ring is 1. The fourth-order valence-corrected chi connectivity index (χ4v) is 3.08. The molecular formula is C22H21N5OS. The molecule has 3 aromatic rings. The maximum Gasteiger partial charge on any atom is 0.265 e. The highest BCUT2D eigenvalue weighted by Gasteiger charge is 2.06. The van der Waals surface area contributed by atoms with Crippen molar-refractivity contribution in [3.05, 3.63) is 95.0 Å². The van der Waals surface area contributed by atoms with Crippen LogP contribution in [0.4, 0.5) is 17.1 Å². The number of allylic oxidation sites excluding steroid dienone is 1. The highest BCUT2D eigenvalue weighted by molar-refractivity contribution is 7.12. The topological polar surface area (TPSA) is 106 Å². The van der Waals surface area contributed by atoms with Gasteiger partial charge in [0.25, 0.3) is 5.91 Å². The summed E-state index contributed by atoms with van der Waals surface area (Å²) in [6, 6.07) is 18.2. The molecule has 1 aromatic heterocycles. The quantitative estimate of drug-likeness (QED) is 0.343. The van der Waals surface area contributed by atoms with E-state index in [1.807, 2.05) is 35.7 Å². The van der Waals surface area contributed by atoms with Crippen LogP contribution >= 0.6 is 11.3 Å². The molecule has 0 bridgehead atoms. The van der Waals surface area contributed by atoms with E-state index in [4.69, 9.17) is 11.5 Å². The molecule has 0 aliphatic rings. The Bertz CT molecular complexity index is 1050. The first-order valence-electron chi connectivity index (χ1n) is 8.78. The first-order chi connectivity index (χ1) is 14.0. The van der Waals surface area contributed by atoms with Gasteiger partial charge in [-0.25, -0.2) is 4.99 Å². The summed E-state index contributed by atoms with van der Waals surface area (Å²) in [6.45, 7) is 3.85. The molecule has 0 saturated heterocycles. The van der Waals surface area contributed by atoms with Gasteiger partial charge in [-0.3, -0.25) is 4.79 Å². The van der Waals surface area contributed by atoms with Crippen molar-refractivity contribution in [1.29, 1.82) is 0 Å². The largest absolute Gasteiger partial charge is 0.399 e. The standard InChI is InChI=1S/C22H21N5OS/c1-15(26-19-5-2-4-17(23)14-19)25-12-11-20(24)16-7-9-18(10-8-16)27-22(28)21-6-3-13-29-21/h2-14,26H,1,23-24H2,(H,27,28)/b20-11-,25-12-. The predicted octanol–water partition coefficient (Wildman–Crippen LogP) is 4.54. The van der Waals surface area contributed by atoms with Gasteiger partial charge in [-0.15, -0.1) is 11.3 Å². The zero-order chi connectivity index (χ0) is 20.6. The number of aliphatic imine (C=N–C) groups is 1. The fourth-order valence-electron chi connectivity index (χ4n) is 2.47. The van der Waals surface area contributed by atoms with E-state index in [-0.39, 0.29) is 5.91 Å². The zero-order valence-corrected chi connectivity index (χ0v) is 16.4. The molecule has 0 aliphatic carbocycles. The Morgan fingerprint density at radius 2 is 1.83 bits per heavy atom. The number of benzene rings is 2. The van der Waals surface area contributed by atoms with E-state index in [2.05, 4.69) is 22.2 Å². The Balaban J connectivity index is 1.57. The summed E-state index contributed by atoms with van der Waals surface area (Å²) in [6.07, 6.45) is 3.26. The van der Waals surface area contributed by atoms with E-state index in [0.717, 1.165) is 11.3 Å². The van der Waals surface area contributed by atoms with E-state index in [1.165, 1.54) is 11.3 Å². The summed E-state index contributed by atoms with van der Waals surface area (Å²) in [5.41, 5.74) is 15.4. The number of hydrogen-bond donors (Lipinski definition) is 4. The molecule has 6 nitrogen and oxygen atoms in total. The van der Waals surface area contributed by atoms with Crippen molar-refractivity contribution in [2.45, 2.75) is 0 Å². The third-order valence-electron chi connectivity index (χ3n) is 3.88. The molecule has 6 N–H and O–H groups in total. The minimum atomic E-state index is -0.130. The van der Waals surface area contributed by atoms with Crippen LogP contribution in [0.2, 0.25) is 0 Å². The molecule has 1 heterocycles. The summed E-state index contributed by atoms with van der Waals surface area (Å²) >= 11 is 1.40. The molecule has 0 aliphatic heterocycles. The fraction of sp³-hybridized carbons (Fsp3) is 0. The van der Waals surface area contributed by atoms with Gasteiger partial charge in [0.1, 0.15) is 5.82 Å². The number of hydrogen-bond acceptors (Lipinski definition) is 6. The highest BCUT2D eigenvalue weighted by atomic mass is 32.1. The Labute approximate surface area is 173 Å². The number of nitrogens with zero attached hydrogens (tertiary/aromatic N) is 1. The van der Waals surface area contributed by atoms with Crippen LogP contribution < -0.4 is 22.1 Å². The monoisotopic (exact) mass is 403 g/mol. The van der Waals surface area contributed by atoms with Crippen LogP contribution in [0, 0.1) is 0 Å². The number of anilines is 3. The number of amides is 1. The number of nitrogens with two attached hydrogens (primary N) is 2. The highest BCUT2D eigenvalue weighted by Crippen LogP contribution is 2.17. The number of thiophene rings is 1. The first-order valence-corrected chi connectivity index (χ1v) is 9.66. The Morgan fingerprint density at radius 1 is 1.03 bits per heavy atom. The molecule has 0 saturated carbocycles. The van der Waals surface area contributed by atoms with E-state index < -0.39 is 0 Å². The molecule has 0 spiro atoms. The smallest absolute Gasteiger partial charge is 0.265 e. The summed E-state index contributed by atoms with van der Waals surface area (Å²) in [5.74, 6) is 0.334. The van der Waals surface area contributed by atoms with Crippen molar-refractivity contribution in [3.8, 4) is 0 Å². The molecule has 146 valence electrons. The van der Waals surface area contributed by atoms with Gasteiger partial charge >= 0.3 is 0 Å². The zero-order valence-electron chi connectivity index (χ0n) is 15.6. The van der Waals surface area contributed by atoms with E-state index in [1.54, 1.807) is 42.6 Å². The third-order valence-corrected chi connectivity index (χ3v) is 4.75. The van der Waals surface area contributed by atoms with Crippen LogP contribution in [0.5, 0.6) is 0 Å². The van der Waals surface area contributed by atoms with Crippen molar-refractivity contribution in [1.82, 2.24) is 0 Å². The number of carbonyl (C=O) groups excluding carboxylic acids is 1. The summed E-state index contributed by atoms with van der Waals surface area (Å²) in [7, 11) is 0. The van der Waals surface area contributed by atoms with Gasteiger partial charge in [0.05, 0.1) is 4.88 Å². The van der Waals surface area contributed by atoms with Crippen molar-refractivity contribution in [2.24, 2.45) is 10.7 Å². The van der Waals surface area contributed by atoms with Crippen LogP contribution in [0.15, 0.2) is 89.5 Å². The second-order valence-corrected chi connectivity index (χ2v) is 7.05.